The average molecular weight is 250 g/mol. The molecule has 3 aliphatic carbocycles. The zero-order valence-electron chi connectivity index (χ0n) is 12.0. The van der Waals surface area contributed by atoms with Crippen LogP contribution < -0.4 is 0 Å². The minimum absolute atomic E-state index is 0.211. The normalized spacial score (nSPS) is 46.6. The van der Waals surface area contributed by atoms with Crippen molar-refractivity contribution < 1.29 is 9.53 Å². The Morgan fingerprint density at radius 1 is 1.22 bits per heavy atom. The second kappa shape index (κ2) is 4.06. The van der Waals surface area contributed by atoms with Gasteiger partial charge in [-0.15, -0.1) is 0 Å². The molecule has 0 aliphatic heterocycles. The molecular weight excluding hydrogens is 224 g/mol. The molecule has 0 saturated heterocycles. The highest BCUT2D eigenvalue weighted by molar-refractivity contribution is 5.79. The Bertz CT molecular complexity index is 360. The lowest BCUT2D eigenvalue weighted by Gasteiger charge is -2.40. The van der Waals surface area contributed by atoms with Gasteiger partial charge in [0.15, 0.2) is 0 Å². The smallest absolute Gasteiger partial charge is 0.135 e. The number of hydrogen-bond acceptors (Lipinski definition) is 2. The molecule has 18 heavy (non-hydrogen) atoms. The van der Waals surface area contributed by atoms with Gasteiger partial charge >= 0.3 is 0 Å². The topological polar surface area (TPSA) is 26.3 Å². The molecule has 4 unspecified atom stereocenters. The highest BCUT2D eigenvalue weighted by Gasteiger charge is 2.62. The molecule has 2 bridgehead atoms. The summed E-state index contributed by atoms with van der Waals surface area (Å²) in [5.74, 6) is 1.23. The summed E-state index contributed by atoms with van der Waals surface area (Å²) in [5, 5.41) is 0. The molecule has 0 amide bonds. The number of rotatable bonds is 2. The zero-order valence-corrected chi connectivity index (χ0v) is 12.0. The SMILES string of the molecule is CC1(C)C2CCC1(C)C(OC1CCCC(=O)C1)C2. The third-order valence-electron chi connectivity index (χ3n) is 6.51. The summed E-state index contributed by atoms with van der Waals surface area (Å²) in [6.45, 7) is 7.25. The zero-order chi connectivity index (χ0) is 13.0. The first kappa shape index (κ1) is 12.7. The van der Waals surface area contributed by atoms with Crippen molar-refractivity contribution in [2.24, 2.45) is 16.7 Å². The fraction of sp³-hybridized carbons (Fsp3) is 0.938. The van der Waals surface area contributed by atoms with Gasteiger partial charge in [-0.25, -0.2) is 0 Å². The first-order chi connectivity index (χ1) is 8.43. The Morgan fingerprint density at radius 3 is 2.56 bits per heavy atom. The first-order valence-electron chi connectivity index (χ1n) is 7.60. The summed E-state index contributed by atoms with van der Waals surface area (Å²) in [7, 11) is 0. The van der Waals surface area contributed by atoms with Crippen LogP contribution in [0, 0.1) is 16.7 Å². The van der Waals surface area contributed by atoms with Gasteiger partial charge in [-0.2, -0.15) is 0 Å². The van der Waals surface area contributed by atoms with E-state index in [2.05, 4.69) is 20.8 Å². The summed E-state index contributed by atoms with van der Waals surface area (Å²) in [5.41, 5.74) is 0.745. The Balaban J connectivity index is 1.70. The highest BCUT2D eigenvalue weighted by Crippen LogP contribution is 2.66. The van der Waals surface area contributed by atoms with Crippen LogP contribution in [-0.4, -0.2) is 18.0 Å². The van der Waals surface area contributed by atoms with Crippen molar-refractivity contribution in [1.82, 2.24) is 0 Å². The lowest BCUT2D eigenvalue weighted by Crippen LogP contribution is -2.40. The van der Waals surface area contributed by atoms with Gasteiger partial charge in [0.25, 0.3) is 0 Å². The van der Waals surface area contributed by atoms with E-state index in [4.69, 9.17) is 4.74 Å². The fourth-order valence-corrected chi connectivity index (χ4v) is 4.67. The molecule has 2 nitrogen and oxygen atoms in total. The summed E-state index contributed by atoms with van der Waals surface area (Å²) in [6, 6.07) is 0. The van der Waals surface area contributed by atoms with Crippen molar-refractivity contribution in [2.75, 3.05) is 0 Å². The van der Waals surface area contributed by atoms with E-state index in [0.717, 1.165) is 25.2 Å². The Labute approximate surface area is 110 Å². The van der Waals surface area contributed by atoms with Crippen molar-refractivity contribution >= 4 is 5.78 Å². The van der Waals surface area contributed by atoms with Gasteiger partial charge in [0.2, 0.25) is 0 Å². The molecule has 0 radical (unpaired) electrons. The summed E-state index contributed by atoms with van der Waals surface area (Å²) < 4.78 is 6.37. The third kappa shape index (κ3) is 1.68. The molecule has 4 atom stereocenters. The summed E-state index contributed by atoms with van der Waals surface area (Å²) >= 11 is 0. The van der Waals surface area contributed by atoms with Crippen LogP contribution in [0.4, 0.5) is 0 Å². The standard InChI is InChI=1S/C16H26O2/c1-15(2)11-7-8-16(15,3)14(9-11)18-13-6-4-5-12(17)10-13/h11,13-14H,4-10H2,1-3H3. The molecular formula is C16H26O2. The predicted octanol–water partition coefficient (Wildman–Crippen LogP) is 3.73. The maximum absolute atomic E-state index is 11.5. The van der Waals surface area contributed by atoms with Crippen molar-refractivity contribution in [3.63, 3.8) is 0 Å². The predicted molar refractivity (Wildman–Crippen MR) is 71.4 cm³/mol. The monoisotopic (exact) mass is 250 g/mol. The molecule has 3 saturated carbocycles. The van der Waals surface area contributed by atoms with Crippen molar-refractivity contribution in [3.8, 4) is 0 Å². The number of ketones is 1. The lowest BCUT2D eigenvalue weighted by atomic mass is 9.70. The van der Waals surface area contributed by atoms with Crippen LogP contribution in [0.25, 0.3) is 0 Å². The molecule has 2 heteroatoms. The quantitative estimate of drug-likeness (QED) is 0.746. The maximum atomic E-state index is 11.5. The van der Waals surface area contributed by atoms with Gasteiger partial charge in [-0.3, -0.25) is 4.79 Å². The molecule has 0 aromatic rings. The van der Waals surface area contributed by atoms with Gasteiger partial charge in [0.1, 0.15) is 5.78 Å². The minimum atomic E-state index is 0.211. The fourth-order valence-electron chi connectivity index (χ4n) is 4.67. The lowest BCUT2D eigenvalue weighted by molar-refractivity contribution is -0.132. The van der Waals surface area contributed by atoms with E-state index in [-0.39, 0.29) is 6.10 Å². The van der Waals surface area contributed by atoms with Crippen LogP contribution in [-0.2, 0) is 9.53 Å². The van der Waals surface area contributed by atoms with Crippen LogP contribution >= 0.6 is 0 Å². The molecule has 0 aromatic carbocycles. The number of carbonyl (C=O) groups excluding carboxylic acids is 1. The van der Waals surface area contributed by atoms with Crippen LogP contribution in [0.2, 0.25) is 0 Å². The van der Waals surface area contributed by atoms with E-state index in [1.54, 1.807) is 0 Å². The number of ether oxygens (including phenoxy) is 1. The Hall–Kier alpha value is -0.370. The highest BCUT2D eigenvalue weighted by atomic mass is 16.5. The van der Waals surface area contributed by atoms with E-state index in [0.29, 0.717) is 29.1 Å². The van der Waals surface area contributed by atoms with Crippen LogP contribution in [0.1, 0.15) is 65.7 Å². The molecule has 0 N–H and O–H groups in total. The van der Waals surface area contributed by atoms with Gasteiger partial charge < -0.3 is 4.74 Å². The first-order valence-corrected chi connectivity index (χ1v) is 7.60. The molecule has 102 valence electrons. The second-order valence-corrected chi connectivity index (χ2v) is 7.49. The van der Waals surface area contributed by atoms with Crippen LogP contribution in [0.15, 0.2) is 0 Å². The van der Waals surface area contributed by atoms with Gasteiger partial charge in [0.05, 0.1) is 12.2 Å². The summed E-state index contributed by atoms with van der Waals surface area (Å²) in [6.07, 6.45) is 8.04. The van der Waals surface area contributed by atoms with Crippen LogP contribution in [0.3, 0.4) is 0 Å². The van der Waals surface area contributed by atoms with E-state index in [9.17, 15) is 4.79 Å². The largest absolute Gasteiger partial charge is 0.374 e. The molecule has 0 aromatic heterocycles. The van der Waals surface area contributed by atoms with Crippen molar-refractivity contribution in [2.45, 2.75) is 77.9 Å². The van der Waals surface area contributed by atoms with Crippen LogP contribution in [0.5, 0.6) is 0 Å². The van der Waals surface area contributed by atoms with E-state index in [1.165, 1.54) is 19.3 Å². The Morgan fingerprint density at radius 2 is 2.00 bits per heavy atom. The van der Waals surface area contributed by atoms with Gasteiger partial charge in [-0.1, -0.05) is 20.8 Å². The second-order valence-electron chi connectivity index (χ2n) is 7.49. The average Bonchev–Trinajstić information content (AvgIpc) is 2.62. The molecule has 3 fully saturated rings. The van der Waals surface area contributed by atoms with Crippen molar-refractivity contribution in [1.29, 1.82) is 0 Å². The maximum Gasteiger partial charge on any atom is 0.135 e. The number of carbonyl (C=O) groups is 1. The minimum Gasteiger partial charge on any atom is -0.374 e. The van der Waals surface area contributed by atoms with E-state index >= 15 is 0 Å². The molecule has 3 aliphatic rings. The van der Waals surface area contributed by atoms with E-state index < -0.39 is 0 Å². The third-order valence-corrected chi connectivity index (χ3v) is 6.51. The van der Waals surface area contributed by atoms with Crippen molar-refractivity contribution in [3.05, 3.63) is 0 Å². The molecule has 3 rings (SSSR count). The molecule has 0 heterocycles. The Kier molecular flexibility index (Phi) is 2.85. The number of hydrogen-bond donors (Lipinski definition) is 0. The van der Waals surface area contributed by atoms with E-state index in [1.807, 2.05) is 0 Å². The summed E-state index contributed by atoms with van der Waals surface area (Å²) in [4.78, 5) is 11.5. The van der Waals surface area contributed by atoms with Gasteiger partial charge in [0, 0.05) is 12.8 Å². The van der Waals surface area contributed by atoms with Gasteiger partial charge in [-0.05, 0) is 48.9 Å². The molecule has 0 spiro atoms. The number of Topliss-reactive ketones (excluding diaryl/α,β-unsaturated/α-hetero) is 1. The number of fused-ring (bicyclic) bond motifs is 2.